The van der Waals surface area contributed by atoms with Crippen LogP contribution < -0.4 is 5.32 Å². The molecule has 0 radical (unpaired) electrons. The Balaban J connectivity index is 1.83. The summed E-state index contributed by atoms with van der Waals surface area (Å²) < 4.78 is 0. The molecule has 0 aromatic heterocycles. The van der Waals surface area contributed by atoms with E-state index in [1.807, 2.05) is 0 Å². The van der Waals surface area contributed by atoms with Crippen molar-refractivity contribution in [1.82, 2.24) is 5.32 Å². The summed E-state index contributed by atoms with van der Waals surface area (Å²) in [5.74, 6) is 0. The van der Waals surface area contributed by atoms with Crippen molar-refractivity contribution in [3.8, 4) is 0 Å². The normalized spacial score (nSPS) is 20.4. The van der Waals surface area contributed by atoms with Crippen molar-refractivity contribution in [2.24, 2.45) is 5.41 Å². The molecule has 0 saturated heterocycles. The molecule has 0 bridgehead atoms. The minimum atomic E-state index is 0.578. The Bertz CT molecular complexity index is 287. The van der Waals surface area contributed by atoms with Gasteiger partial charge in [0, 0.05) is 12.6 Å². The van der Waals surface area contributed by atoms with Crippen LogP contribution in [-0.2, 0) is 6.54 Å². The summed E-state index contributed by atoms with van der Waals surface area (Å²) >= 11 is 0. The van der Waals surface area contributed by atoms with Gasteiger partial charge >= 0.3 is 0 Å². The van der Waals surface area contributed by atoms with Gasteiger partial charge in [-0.05, 0) is 30.7 Å². The van der Waals surface area contributed by atoms with E-state index < -0.39 is 0 Å². The van der Waals surface area contributed by atoms with Gasteiger partial charge in [0.05, 0.1) is 0 Å². The average molecular weight is 189 g/mol. The monoisotopic (exact) mass is 189 g/mol. The van der Waals surface area contributed by atoms with Crippen LogP contribution in [0.4, 0.5) is 0 Å². The van der Waals surface area contributed by atoms with Crippen molar-refractivity contribution in [3.05, 3.63) is 35.9 Å². The van der Waals surface area contributed by atoms with Gasteiger partial charge < -0.3 is 5.32 Å². The summed E-state index contributed by atoms with van der Waals surface area (Å²) in [7, 11) is 0. The van der Waals surface area contributed by atoms with Gasteiger partial charge in [-0.3, -0.25) is 0 Å². The van der Waals surface area contributed by atoms with Gasteiger partial charge in [-0.15, -0.1) is 0 Å². The van der Waals surface area contributed by atoms with E-state index >= 15 is 0 Å². The number of hydrogen-bond donors (Lipinski definition) is 1. The van der Waals surface area contributed by atoms with Crippen molar-refractivity contribution >= 4 is 0 Å². The molecule has 1 aromatic carbocycles. The maximum Gasteiger partial charge on any atom is 0.0208 e. The molecular formula is C13H19N. The van der Waals surface area contributed by atoms with Gasteiger partial charge in [0.1, 0.15) is 0 Å². The number of rotatable bonds is 4. The molecule has 1 aromatic rings. The highest BCUT2D eigenvalue weighted by Crippen LogP contribution is 2.47. The van der Waals surface area contributed by atoms with Crippen LogP contribution in [0.1, 0.15) is 32.3 Å². The third kappa shape index (κ3) is 2.16. The van der Waals surface area contributed by atoms with Gasteiger partial charge in [0.15, 0.2) is 0 Å². The Morgan fingerprint density at radius 2 is 1.93 bits per heavy atom. The molecule has 0 heterocycles. The Labute approximate surface area is 86.5 Å². The van der Waals surface area contributed by atoms with Gasteiger partial charge in [0.2, 0.25) is 0 Å². The Morgan fingerprint density at radius 3 is 2.50 bits per heavy atom. The SMILES string of the molecule is CC(NCc1ccccc1)C1(C)CC1. The first kappa shape index (κ1) is 9.72. The van der Waals surface area contributed by atoms with E-state index in [1.165, 1.54) is 18.4 Å². The molecule has 1 aliphatic rings. The molecule has 0 spiro atoms. The predicted molar refractivity (Wildman–Crippen MR) is 60.1 cm³/mol. The molecule has 2 rings (SSSR count). The molecule has 1 N–H and O–H groups in total. The van der Waals surface area contributed by atoms with Crippen LogP contribution in [-0.4, -0.2) is 6.04 Å². The van der Waals surface area contributed by atoms with Crippen LogP contribution in [0.5, 0.6) is 0 Å². The summed E-state index contributed by atoms with van der Waals surface area (Å²) in [6.45, 7) is 5.67. The van der Waals surface area contributed by atoms with E-state index in [4.69, 9.17) is 0 Å². The van der Waals surface area contributed by atoms with E-state index in [1.54, 1.807) is 0 Å². The molecule has 0 amide bonds. The highest BCUT2D eigenvalue weighted by Gasteiger charge is 2.41. The second kappa shape index (κ2) is 3.74. The van der Waals surface area contributed by atoms with Crippen molar-refractivity contribution < 1.29 is 0 Å². The summed E-state index contributed by atoms with van der Waals surface area (Å²) in [5.41, 5.74) is 1.96. The maximum atomic E-state index is 3.60. The molecule has 1 atom stereocenters. The molecular weight excluding hydrogens is 170 g/mol. The van der Waals surface area contributed by atoms with Gasteiger partial charge in [-0.1, -0.05) is 37.3 Å². The molecule has 1 saturated carbocycles. The van der Waals surface area contributed by atoms with Gasteiger partial charge in [-0.25, -0.2) is 0 Å². The molecule has 1 fully saturated rings. The fraction of sp³-hybridized carbons (Fsp3) is 0.538. The summed E-state index contributed by atoms with van der Waals surface area (Å²) in [6.07, 6.45) is 2.77. The van der Waals surface area contributed by atoms with Crippen LogP contribution in [0.15, 0.2) is 30.3 Å². The topological polar surface area (TPSA) is 12.0 Å². The van der Waals surface area contributed by atoms with E-state index in [0.717, 1.165) is 6.54 Å². The van der Waals surface area contributed by atoms with Crippen molar-refractivity contribution in [2.45, 2.75) is 39.3 Å². The lowest BCUT2D eigenvalue weighted by Gasteiger charge is -2.20. The zero-order valence-electron chi connectivity index (χ0n) is 9.09. The lowest BCUT2D eigenvalue weighted by Crippen LogP contribution is -2.32. The first-order valence-electron chi connectivity index (χ1n) is 5.48. The fourth-order valence-corrected chi connectivity index (χ4v) is 1.74. The quantitative estimate of drug-likeness (QED) is 0.768. The lowest BCUT2D eigenvalue weighted by atomic mass is 10.0. The number of hydrogen-bond acceptors (Lipinski definition) is 1. The largest absolute Gasteiger partial charge is 0.310 e. The first-order valence-corrected chi connectivity index (χ1v) is 5.48. The van der Waals surface area contributed by atoms with E-state index in [9.17, 15) is 0 Å². The Morgan fingerprint density at radius 1 is 1.29 bits per heavy atom. The molecule has 14 heavy (non-hydrogen) atoms. The zero-order valence-corrected chi connectivity index (χ0v) is 9.09. The van der Waals surface area contributed by atoms with E-state index in [2.05, 4.69) is 49.5 Å². The predicted octanol–water partition coefficient (Wildman–Crippen LogP) is 2.96. The Hall–Kier alpha value is -0.820. The van der Waals surface area contributed by atoms with Crippen LogP contribution in [0, 0.1) is 5.41 Å². The van der Waals surface area contributed by atoms with Gasteiger partial charge in [-0.2, -0.15) is 0 Å². The third-order valence-corrected chi connectivity index (χ3v) is 3.54. The summed E-state index contributed by atoms with van der Waals surface area (Å²) in [4.78, 5) is 0. The minimum absolute atomic E-state index is 0.578. The zero-order chi connectivity index (χ0) is 10.0. The van der Waals surface area contributed by atoms with Crippen molar-refractivity contribution in [1.29, 1.82) is 0 Å². The average Bonchev–Trinajstić information content (AvgIpc) is 2.96. The molecule has 1 heteroatoms. The van der Waals surface area contributed by atoms with Crippen LogP contribution in [0.25, 0.3) is 0 Å². The third-order valence-electron chi connectivity index (χ3n) is 3.54. The lowest BCUT2D eigenvalue weighted by molar-refractivity contribution is 0.380. The van der Waals surface area contributed by atoms with Crippen LogP contribution in [0.3, 0.4) is 0 Å². The molecule has 76 valence electrons. The first-order chi connectivity index (χ1) is 6.71. The molecule has 1 nitrogen and oxygen atoms in total. The molecule has 1 aliphatic carbocycles. The van der Waals surface area contributed by atoms with E-state index in [-0.39, 0.29) is 0 Å². The smallest absolute Gasteiger partial charge is 0.0208 e. The van der Waals surface area contributed by atoms with Crippen LogP contribution in [0.2, 0.25) is 0 Å². The maximum absolute atomic E-state index is 3.60. The second-order valence-corrected chi connectivity index (χ2v) is 4.74. The van der Waals surface area contributed by atoms with Crippen molar-refractivity contribution in [2.75, 3.05) is 0 Å². The number of benzene rings is 1. The summed E-state index contributed by atoms with van der Waals surface area (Å²) in [6, 6.07) is 11.3. The number of nitrogens with one attached hydrogen (secondary N) is 1. The van der Waals surface area contributed by atoms with Gasteiger partial charge in [0.25, 0.3) is 0 Å². The minimum Gasteiger partial charge on any atom is -0.310 e. The highest BCUT2D eigenvalue weighted by atomic mass is 14.9. The highest BCUT2D eigenvalue weighted by molar-refractivity contribution is 5.14. The Kier molecular flexibility index (Phi) is 2.60. The fourth-order valence-electron chi connectivity index (χ4n) is 1.74. The second-order valence-electron chi connectivity index (χ2n) is 4.74. The molecule has 1 unspecified atom stereocenters. The standard InChI is InChI=1S/C13H19N/c1-11(13(2)8-9-13)14-10-12-6-4-3-5-7-12/h3-7,11,14H,8-10H2,1-2H3. The van der Waals surface area contributed by atoms with Crippen LogP contribution >= 0.6 is 0 Å². The molecule has 0 aliphatic heterocycles. The summed E-state index contributed by atoms with van der Waals surface area (Å²) in [5, 5.41) is 3.60. The van der Waals surface area contributed by atoms with Crippen molar-refractivity contribution in [3.63, 3.8) is 0 Å². The van der Waals surface area contributed by atoms with E-state index in [0.29, 0.717) is 11.5 Å².